The summed E-state index contributed by atoms with van der Waals surface area (Å²) >= 11 is 3.50. The minimum Gasteiger partial charge on any atom is -0.204 e. The lowest BCUT2D eigenvalue weighted by Crippen LogP contribution is -2.29. The van der Waals surface area contributed by atoms with Crippen molar-refractivity contribution >= 4 is 21.5 Å². The van der Waals surface area contributed by atoms with Gasteiger partial charge in [0, 0.05) is 16.0 Å². The number of hydrogen-bond acceptors (Lipinski definition) is 1. The van der Waals surface area contributed by atoms with E-state index in [0.29, 0.717) is 12.8 Å². The molecule has 0 N–H and O–H groups in total. The van der Waals surface area contributed by atoms with E-state index in [9.17, 15) is 14.0 Å². The first-order valence-electron chi connectivity index (χ1n) is 7.88. The Morgan fingerprint density at radius 3 is 2.50 bits per heavy atom. The number of nitriles is 1. The molecule has 0 saturated heterocycles. The number of aryl methyl sites for hydroxylation is 1. The monoisotopic (exact) mass is 385 g/mol. The van der Waals surface area contributed by atoms with Crippen LogP contribution in [0.1, 0.15) is 28.7 Å². The lowest BCUT2D eigenvalue weighted by molar-refractivity contribution is 0.354. The first-order chi connectivity index (χ1) is 11.5. The van der Waals surface area contributed by atoms with Gasteiger partial charge in [-0.3, -0.25) is 0 Å². The molecule has 1 unspecified atom stereocenters. The van der Waals surface area contributed by atoms with Gasteiger partial charge in [-0.05, 0) is 77.8 Å². The van der Waals surface area contributed by atoms with Gasteiger partial charge in [0.05, 0.1) is 6.07 Å². The van der Waals surface area contributed by atoms with Crippen molar-refractivity contribution in [2.75, 3.05) is 0 Å². The molecule has 2 aromatic rings. The molecular weight excluding hydrogens is 372 g/mol. The van der Waals surface area contributed by atoms with Gasteiger partial charge in [0.25, 0.3) is 0 Å². The van der Waals surface area contributed by atoms with Crippen LogP contribution in [0.15, 0.2) is 40.9 Å². The standard InChI is InChI=1S/C20H14BrF2N/c21-15-2-1-13-10-20(17(4-6-24)16(13)9-15)5-3-12-7-18(22)19(23)8-14(12)11-20/h1-2,4,7-9H,3,5,10-11H2/b17-4-. The highest BCUT2D eigenvalue weighted by Crippen LogP contribution is 2.54. The number of rotatable bonds is 0. The van der Waals surface area contributed by atoms with Gasteiger partial charge >= 0.3 is 0 Å². The van der Waals surface area contributed by atoms with Crippen LogP contribution in [-0.2, 0) is 19.3 Å². The van der Waals surface area contributed by atoms with E-state index in [1.807, 2.05) is 12.1 Å². The molecule has 0 amide bonds. The van der Waals surface area contributed by atoms with Gasteiger partial charge in [0.15, 0.2) is 11.6 Å². The summed E-state index contributed by atoms with van der Waals surface area (Å²) in [6.07, 6.45) is 4.64. The maximum atomic E-state index is 13.7. The van der Waals surface area contributed by atoms with E-state index in [4.69, 9.17) is 0 Å². The van der Waals surface area contributed by atoms with E-state index in [2.05, 4.69) is 28.1 Å². The summed E-state index contributed by atoms with van der Waals surface area (Å²) in [5.41, 5.74) is 4.87. The number of benzene rings is 2. The highest BCUT2D eigenvalue weighted by atomic mass is 79.9. The van der Waals surface area contributed by atoms with Crippen molar-refractivity contribution in [2.24, 2.45) is 5.41 Å². The van der Waals surface area contributed by atoms with Crippen LogP contribution in [0.4, 0.5) is 8.78 Å². The third-order valence-electron chi connectivity index (χ3n) is 5.32. The van der Waals surface area contributed by atoms with Gasteiger partial charge < -0.3 is 0 Å². The topological polar surface area (TPSA) is 23.8 Å². The minimum atomic E-state index is -0.796. The molecule has 2 aromatic carbocycles. The molecule has 0 fully saturated rings. The van der Waals surface area contributed by atoms with Crippen molar-refractivity contribution in [2.45, 2.75) is 25.7 Å². The molecule has 0 radical (unpaired) electrons. The maximum Gasteiger partial charge on any atom is 0.159 e. The number of fused-ring (bicyclic) bond motifs is 2. The summed E-state index contributed by atoms with van der Waals surface area (Å²) in [7, 11) is 0. The molecule has 4 heteroatoms. The van der Waals surface area contributed by atoms with Crippen molar-refractivity contribution in [1.82, 2.24) is 0 Å². The quantitative estimate of drug-likeness (QED) is 0.559. The van der Waals surface area contributed by atoms with E-state index < -0.39 is 11.6 Å². The maximum absolute atomic E-state index is 13.7. The zero-order valence-electron chi connectivity index (χ0n) is 12.9. The summed E-state index contributed by atoms with van der Waals surface area (Å²) < 4.78 is 28.2. The van der Waals surface area contributed by atoms with Crippen molar-refractivity contribution < 1.29 is 8.78 Å². The van der Waals surface area contributed by atoms with Crippen LogP contribution in [0.5, 0.6) is 0 Å². The molecule has 2 aliphatic rings. The molecule has 1 spiro atoms. The second-order valence-corrected chi connectivity index (χ2v) is 7.57. The van der Waals surface area contributed by atoms with Crippen LogP contribution in [0.2, 0.25) is 0 Å². The molecule has 24 heavy (non-hydrogen) atoms. The Labute approximate surface area is 147 Å². The van der Waals surface area contributed by atoms with Crippen LogP contribution < -0.4 is 0 Å². The number of allylic oxidation sites excluding steroid dienone is 2. The second-order valence-electron chi connectivity index (χ2n) is 6.66. The SMILES string of the molecule is N#C/C=C1/c2cc(Br)ccc2CC12CCc1cc(F)c(F)cc1C2. The van der Waals surface area contributed by atoms with Gasteiger partial charge in [-0.25, -0.2) is 8.78 Å². The van der Waals surface area contributed by atoms with Crippen LogP contribution in [0, 0.1) is 28.4 Å². The summed E-state index contributed by atoms with van der Waals surface area (Å²) in [6, 6.07) is 11.0. The largest absolute Gasteiger partial charge is 0.204 e. The highest BCUT2D eigenvalue weighted by molar-refractivity contribution is 9.10. The lowest BCUT2D eigenvalue weighted by atomic mass is 9.67. The molecule has 0 saturated carbocycles. The Bertz CT molecular complexity index is 926. The fourth-order valence-corrected chi connectivity index (χ4v) is 4.59. The molecule has 0 aliphatic heterocycles. The van der Waals surface area contributed by atoms with Crippen molar-refractivity contribution in [3.8, 4) is 6.07 Å². The second kappa shape index (κ2) is 5.53. The fraction of sp³-hybridized carbons (Fsp3) is 0.250. The Hall–Kier alpha value is -1.99. The van der Waals surface area contributed by atoms with Gasteiger partial charge in [-0.2, -0.15) is 5.26 Å². The minimum absolute atomic E-state index is 0.198. The third-order valence-corrected chi connectivity index (χ3v) is 5.81. The van der Waals surface area contributed by atoms with Crippen LogP contribution in [0.25, 0.3) is 5.57 Å². The summed E-state index contributed by atoms with van der Waals surface area (Å²) in [5, 5.41) is 9.26. The van der Waals surface area contributed by atoms with Gasteiger partial charge in [0.1, 0.15) is 0 Å². The lowest BCUT2D eigenvalue weighted by Gasteiger charge is -2.36. The predicted molar refractivity (Wildman–Crippen MR) is 92.3 cm³/mol. The van der Waals surface area contributed by atoms with Crippen molar-refractivity contribution in [3.63, 3.8) is 0 Å². The zero-order valence-corrected chi connectivity index (χ0v) is 14.5. The molecule has 1 atom stereocenters. The molecule has 1 nitrogen and oxygen atoms in total. The summed E-state index contributed by atoms with van der Waals surface area (Å²) in [4.78, 5) is 0. The molecule has 4 rings (SSSR count). The predicted octanol–water partition coefficient (Wildman–Crippen LogP) is 5.37. The van der Waals surface area contributed by atoms with Crippen LogP contribution in [-0.4, -0.2) is 0 Å². The molecule has 0 bridgehead atoms. The Morgan fingerprint density at radius 1 is 1.04 bits per heavy atom. The van der Waals surface area contributed by atoms with E-state index in [1.54, 1.807) is 6.08 Å². The van der Waals surface area contributed by atoms with Crippen LogP contribution >= 0.6 is 15.9 Å². The first-order valence-corrected chi connectivity index (χ1v) is 8.67. The van der Waals surface area contributed by atoms with Gasteiger partial charge in [0.2, 0.25) is 0 Å². The smallest absolute Gasteiger partial charge is 0.159 e. The number of halogens is 3. The van der Waals surface area contributed by atoms with Crippen molar-refractivity contribution in [3.05, 3.63) is 74.8 Å². The first kappa shape index (κ1) is 15.5. The average molecular weight is 386 g/mol. The van der Waals surface area contributed by atoms with Gasteiger partial charge in [-0.1, -0.05) is 22.0 Å². The zero-order chi connectivity index (χ0) is 16.9. The molecular formula is C20H14BrF2N. The third kappa shape index (κ3) is 2.31. The molecule has 120 valence electrons. The number of nitrogens with zero attached hydrogens (tertiary/aromatic N) is 1. The van der Waals surface area contributed by atoms with E-state index >= 15 is 0 Å². The average Bonchev–Trinajstić information content (AvgIpc) is 2.83. The Balaban J connectivity index is 1.83. The van der Waals surface area contributed by atoms with Crippen molar-refractivity contribution in [1.29, 1.82) is 5.26 Å². The van der Waals surface area contributed by atoms with Crippen LogP contribution in [0.3, 0.4) is 0 Å². The number of hydrogen-bond donors (Lipinski definition) is 0. The summed E-state index contributed by atoms with van der Waals surface area (Å²) in [5.74, 6) is -1.58. The van der Waals surface area contributed by atoms with Gasteiger partial charge in [-0.15, -0.1) is 0 Å². The molecule has 2 aliphatic carbocycles. The van der Waals surface area contributed by atoms with E-state index in [0.717, 1.165) is 39.6 Å². The highest BCUT2D eigenvalue weighted by Gasteiger charge is 2.44. The normalized spacial score (nSPS) is 23.2. The van der Waals surface area contributed by atoms with E-state index in [-0.39, 0.29) is 5.41 Å². The van der Waals surface area contributed by atoms with E-state index in [1.165, 1.54) is 17.7 Å². The Kier molecular flexibility index (Phi) is 3.58. The molecule has 0 heterocycles. The summed E-state index contributed by atoms with van der Waals surface area (Å²) in [6.45, 7) is 0. The Morgan fingerprint density at radius 2 is 1.75 bits per heavy atom. The fourth-order valence-electron chi connectivity index (χ4n) is 4.23. The molecule has 0 aromatic heterocycles.